The molecular formula is C15H20N4S. The van der Waals surface area contributed by atoms with Crippen LogP contribution in [-0.4, -0.2) is 14.9 Å². The predicted molar refractivity (Wildman–Crippen MR) is 85.3 cm³/mol. The number of benzene rings is 1. The topological polar surface area (TPSA) is 41.9 Å². The monoisotopic (exact) mass is 288 g/mol. The Morgan fingerprint density at radius 2 is 2.10 bits per heavy atom. The molecule has 1 aromatic heterocycles. The molecule has 2 N–H and O–H groups in total. The van der Waals surface area contributed by atoms with Gasteiger partial charge in [0.1, 0.15) is 0 Å². The van der Waals surface area contributed by atoms with E-state index in [4.69, 9.17) is 12.2 Å². The third-order valence-corrected chi connectivity index (χ3v) is 3.37. The van der Waals surface area contributed by atoms with Crippen LogP contribution in [0.5, 0.6) is 0 Å². The van der Waals surface area contributed by atoms with E-state index in [1.54, 1.807) is 0 Å². The van der Waals surface area contributed by atoms with Crippen molar-refractivity contribution in [2.75, 3.05) is 0 Å². The quantitative estimate of drug-likeness (QED) is 0.830. The van der Waals surface area contributed by atoms with Crippen LogP contribution in [0.25, 0.3) is 0 Å². The van der Waals surface area contributed by atoms with Crippen molar-refractivity contribution < 1.29 is 0 Å². The van der Waals surface area contributed by atoms with Crippen molar-refractivity contribution in [2.24, 2.45) is 0 Å². The first kappa shape index (κ1) is 14.5. The summed E-state index contributed by atoms with van der Waals surface area (Å²) in [7, 11) is 0. The van der Waals surface area contributed by atoms with Crippen LogP contribution < -0.4 is 10.6 Å². The molecule has 1 heterocycles. The van der Waals surface area contributed by atoms with Crippen molar-refractivity contribution >= 4 is 17.3 Å². The van der Waals surface area contributed by atoms with Crippen molar-refractivity contribution in [1.82, 2.24) is 20.4 Å². The van der Waals surface area contributed by atoms with Crippen LogP contribution >= 0.6 is 12.2 Å². The highest BCUT2D eigenvalue weighted by Crippen LogP contribution is 2.10. The Morgan fingerprint density at radius 1 is 1.35 bits per heavy atom. The molecule has 0 saturated heterocycles. The highest BCUT2D eigenvalue weighted by molar-refractivity contribution is 7.80. The fraction of sp³-hybridized carbons (Fsp3) is 0.333. The molecular weight excluding hydrogens is 268 g/mol. The number of hydrogen-bond donors (Lipinski definition) is 2. The maximum absolute atomic E-state index is 5.32. The second-order valence-electron chi connectivity index (χ2n) is 4.66. The average Bonchev–Trinajstić information content (AvgIpc) is 2.94. The summed E-state index contributed by atoms with van der Waals surface area (Å²) in [6.45, 7) is 5.73. The van der Waals surface area contributed by atoms with E-state index in [1.165, 1.54) is 5.56 Å². The van der Waals surface area contributed by atoms with Crippen LogP contribution in [0.1, 0.15) is 31.0 Å². The van der Waals surface area contributed by atoms with Gasteiger partial charge >= 0.3 is 0 Å². The van der Waals surface area contributed by atoms with Crippen LogP contribution in [-0.2, 0) is 13.1 Å². The summed E-state index contributed by atoms with van der Waals surface area (Å²) in [6, 6.07) is 10.4. The zero-order valence-electron chi connectivity index (χ0n) is 11.8. The molecule has 1 aromatic carbocycles. The number of rotatable bonds is 5. The second-order valence-corrected chi connectivity index (χ2v) is 5.07. The molecule has 0 spiro atoms. The second kappa shape index (κ2) is 7.05. The zero-order valence-corrected chi connectivity index (χ0v) is 12.7. The van der Waals surface area contributed by atoms with E-state index >= 15 is 0 Å². The molecule has 0 aliphatic rings. The van der Waals surface area contributed by atoms with Gasteiger partial charge in [-0.25, -0.2) is 0 Å². The van der Waals surface area contributed by atoms with Gasteiger partial charge in [0.15, 0.2) is 5.11 Å². The van der Waals surface area contributed by atoms with E-state index < -0.39 is 0 Å². The van der Waals surface area contributed by atoms with Crippen molar-refractivity contribution in [2.45, 2.75) is 33.0 Å². The van der Waals surface area contributed by atoms with Crippen molar-refractivity contribution in [3.05, 3.63) is 53.9 Å². The molecule has 0 unspecified atom stereocenters. The van der Waals surface area contributed by atoms with E-state index in [1.807, 2.05) is 35.3 Å². The Balaban J connectivity index is 1.80. The minimum Gasteiger partial charge on any atom is -0.359 e. The molecule has 0 aliphatic heterocycles. The molecule has 2 rings (SSSR count). The Bertz CT molecular complexity index is 550. The number of thiocarbonyl (C=S) groups is 1. The number of aromatic nitrogens is 2. The number of hydrogen-bond acceptors (Lipinski definition) is 2. The first-order valence-corrected chi connectivity index (χ1v) is 7.20. The molecule has 1 atom stereocenters. The average molecular weight is 288 g/mol. The minimum absolute atomic E-state index is 0.189. The lowest BCUT2D eigenvalue weighted by molar-refractivity contribution is 0.658. The lowest BCUT2D eigenvalue weighted by atomic mass is 10.1. The summed E-state index contributed by atoms with van der Waals surface area (Å²) >= 11 is 5.32. The summed E-state index contributed by atoms with van der Waals surface area (Å²) in [4.78, 5) is 0. The van der Waals surface area contributed by atoms with E-state index in [2.05, 4.69) is 41.7 Å². The third kappa shape index (κ3) is 4.06. The predicted octanol–water partition coefficient (Wildman–Crippen LogP) is 2.63. The molecule has 0 radical (unpaired) electrons. The van der Waals surface area contributed by atoms with Crippen LogP contribution in [0.4, 0.5) is 0 Å². The van der Waals surface area contributed by atoms with E-state index in [0.29, 0.717) is 11.7 Å². The van der Waals surface area contributed by atoms with Crippen LogP contribution in [0, 0.1) is 0 Å². The lowest BCUT2D eigenvalue weighted by Gasteiger charge is -2.17. The number of nitrogens with one attached hydrogen (secondary N) is 2. The summed E-state index contributed by atoms with van der Waals surface area (Å²) < 4.78 is 1.90. The molecule has 0 fully saturated rings. The Morgan fingerprint density at radius 3 is 2.75 bits per heavy atom. The van der Waals surface area contributed by atoms with Gasteiger partial charge in [-0.05, 0) is 31.6 Å². The van der Waals surface area contributed by atoms with Crippen molar-refractivity contribution in [1.29, 1.82) is 0 Å². The molecule has 106 valence electrons. The summed E-state index contributed by atoms with van der Waals surface area (Å²) in [5.41, 5.74) is 2.35. The molecule has 0 amide bonds. The van der Waals surface area contributed by atoms with Crippen LogP contribution in [0.15, 0.2) is 42.7 Å². The van der Waals surface area contributed by atoms with Crippen LogP contribution in [0.2, 0.25) is 0 Å². The van der Waals surface area contributed by atoms with Gasteiger partial charge < -0.3 is 10.6 Å². The Labute approximate surface area is 125 Å². The van der Waals surface area contributed by atoms with Gasteiger partial charge in [-0.1, -0.05) is 30.3 Å². The zero-order chi connectivity index (χ0) is 14.4. The van der Waals surface area contributed by atoms with Crippen molar-refractivity contribution in [3.8, 4) is 0 Å². The molecule has 0 saturated carbocycles. The molecule has 4 nitrogen and oxygen atoms in total. The molecule has 2 aromatic rings. The van der Waals surface area contributed by atoms with Crippen LogP contribution in [0.3, 0.4) is 0 Å². The van der Waals surface area contributed by atoms with Gasteiger partial charge in [-0.3, -0.25) is 4.68 Å². The summed E-state index contributed by atoms with van der Waals surface area (Å²) in [5.74, 6) is 0. The maximum atomic E-state index is 5.32. The smallest absolute Gasteiger partial charge is 0.167 e. The largest absolute Gasteiger partial charge is 0.359 e. The van der Waals surface area contributed by atoms with Gasteiger partial charge in [-0.15, -0.1) is 0 Å². The fourth-order valence-electron chi connectivity index (χ4n) is 1.93. The Hall–Kier alpha value is -1.88. The van der Waals surface area contributed by atoms with Gasteiger partial charge in [0.25, 0.3) is 0 Å². The van der Waals surface area contributed by atoms with Gasteiger partial charge in [0.2, 0.25) is 0 Å². The van der Waals surface area contributed by atoms with Gasteiger partial charge in [0, 0.05) is 24.8 Å². The highest BCUT2D eigenvalue weighted by atomic mass is 32.1. The van der Waals surface area contributed by atoms with Gasteiger partial charge in [0.05, 0.1) is 12.2 Å². The molecule has 0 aliphatic carbocycles. The highest BCUT2D eigenvalue weighted by Gasteiger charge is 2.06. The summed E-state index contributed by atoms with van der Waals surface area (Å²) in [5, 5.41) is 11.4. The first-order valence-electron chi connectivity index (χ1n) is 6.79. The Kier molecular flexibility index (Phi) is 5.12. The van der Waals surface area contributed by atoms with E-state index in [9.17, 15) is 0 Å². The lowest BCUT2D eigenvalue weighted by Crippen LogP contribution is -2.36. The SMILES string of the molecule is CCn1cc(CNC(=S)N[C@H](C)c2ccccc2)cn1. The molecule has 20 heavy (non-hydrogen) atoms. The number of nitrogens with zero attached hydrogens (tertiary/aromatic N) is 2. The normalized spacial score (nSPS) is 11.9. The summed E-state index contributed by atoms with van der Waals surface area (Å²) in [6.07, 6.45) is 3.88. The molecule has 0 bridgehead atoms. The minimum atomic E-state index is 0.189. The van der Waals surface area contributed by atoms with E-state index in [-0.39, 0.29) is 6.04 Å². The molecule has 5 heteroatoms. The standard InChI is InChI=1S/C15H20N4S/c1-3-19-11-13(10-17-19)9-16-15(20)18-12(2)14-7-5-4-6-8-14/h4-8,10-12H,3,9H2,1-2H3,(H2,16,18,20)/t12-/m1/s1. The van der Waals surface area contributed by atoms with Gasteiger partial charge in [-0.2, -0.15) is 5.10 Å². The third-order valence-electron chi connectivity index (χ3n) is 3.11. The maximum Gasteiger partial charge on any atom is 0.167 e. The fourth-order valence-corrected chi connectivity index (χ4v) is 2.17. The number of aryl methyl sites for hydroxylation is 1. The van der Waals surface area contributed by atoms with Crippen molar-refractivity contribution in [3.63, 3.8) is 0 Å². The first-order chi connectivity index (χ1) is 9.69. The van der Waals surface area contributed by atoms with E-state index in [0.717, 1.165) is 12.1 Å².